The number of hydrogen-bond donors (Lipinski definition) is 2. The lowest BCUT2D eigenvalue weighted by Gasteiger charge is -2.32. The average molecular weight is 515 g/mol. The second kappa shape index (κ2) is 12.7. The van der Waals surface area contributed by atoms with Crippen LogP contribution in [0.15, 0.2) is 67.0 Å². The van der Waals surface area contributed by atoms with Crippen LogP contribution < -0.4 is 15.5 Å². The second-order valence-corrected chi connectivity index (χ2v) is 10.1. The van der Waals surface area contributed by atoms with Gasteiger partial charge in [0.1, 0.15) is 0 Å². The van der Waals surface area contributed by atoms with Crippen LogP contribution in [0.1, 0.15) is 30.5 Å². The number of fused-ring (bicyclic) bond motifs is 1. The number of pyridine rings is 1. The van der Waals surface area contributed by atoms with Crippen LogP contribution in [-0.4, -0.2) is 66.1 Å². The first-order valence-corrected chi connectivity index (χ1v) is 13.2. The van der Waals surface area contributed by atoms with Crippen molar-refractivity contribution in [3.63, 3.8) is 0 Å². The number of rotatable bonds is 11. The summed E-state index contributed by atoms with van der Waals surface area (Å²) >= 11 is 0. The van der Waals surface area contributed by atoms with Crippen molar-refractivity contribution in [2.75, 3.05) is 38.1 Å². The number of anilines is 1. The standard InChI is InChI=1S/C30H38N6O2/c1-22(2)32-14-15-33-29(37)20-35(28-16-24(12-11-23(28)3)25-10-7-13-31-17-25)21-30(38)34(4)36-18-26-8-5-6-9-27(26)19-36/h5-13,16-17,22,32H,14-15,18-21H2,1-4H3,(H,33,37). The quantitative estimate of drug-likeness (QED) is 0.382. The number of amides is 2. The van der Waals surface area contributed by atoms with Gasteiger partial charge in [0, 0.05) is 62.9 Å². The molecule has 1 aliphatic rings. The van der Waals surface area contributed by atoms with Crippen LogP contribution in [0.5, 0.6) is 0 Å². The van der Waals surface area contributed by atoms with E-state index >= 15 is 0 Å². The number of carbonyl (C=O) groups is 2. The molecule has 2 N–H and O–H groups in total. The van der Waals surface area contributed by atoms with Gasteiger partial charge >= 0.3 is 0 Å². The first-order chi connectivity index (χ1) is 18.3. The van der Waals surface area contributed by atoms with Gasteiger partial charge in [0.15, 0.2) is 0 Å². The third-order valence-electron chi connectivity index (χ3n) is 6.81. The molecule has 1 aliphatic heterocycles. The number of aryl methyl sites for hydroxylation is 1. The van der Waals surface area contributed by atoms with E-state index in [4.69, 9.17) is 0 Å². The predicted octanol–water partition coefficient (Wildman–Crippen LogP) is 3.37. The Kier molecular flexibility index (Phi) is 9.10. The highest BCUT2D eigenvalue weighted by Gasteiger charge is 2.27. The summed E-state index contributed by atoms with van der Waals surface area (Å²) in [6.07, 6.45) is 3.56. The van der Waals surface area contributed by atoms with Gasteiger partial charge in [-0.05, 0) is 41.3 Å². The van der Waals surface area contributed by atoms with E-state index in [2.05, 4.69) is 41.6 Å². The summed E-state index contributed by atoms with van der Waals surface area (Å²) in [6.45, 7) is 8.91. The predicted molar refractivity (Wildman–Crippen MR) is 151 cm³/mol. The molecule has 0 saturated carbocycles. The van der Waals surface area contributed by atoms with E-state index in [1.54, 1.807) is 11.2 Å². The topological polar surface area (TPSA) is 80.8 Å². The Bertz CT molecular complexity index is 1220. The zero-order chi connectivity index (χ0) is 27.1. The molecule has 2 aromatic carbocycles. The fourth-order valence-electron chi connectivity index (χ4n) is 4.63. The molecule has 8 nitrogen and oxygen atoms in total. The fraction of sp³-hybridized carbons (Fsp3) is 0.367. The lowest BCUT2D eigenvalue weighted by atomic mass is 10.0. The monoisotopic (exact) mass is 514 g/mol. The first kappa shape index (κ1) is 27.3. The fourth-order valence-corrected chi connectivity index (χ4v) is 4.63. The van der Waals surface area contributed by atoms with Gasteiger partial charge in [-0.3, -0.25) is 19.6 Å². The molecule has 3 aromatic rings. The van der Waals surface area contributed by atoms with E-state index in [1.165, 1.54) is 11.1 Å². The molecule has 0 spiro atoms. The second-order valence-electron chi connectivity index (χ2n) is 10.1. The van der Waals surface area contributed by atoms with Crippen molar-refractivity contribution in [1.29, 1.82) is 0 Å². The van der Waals surface area contributed by atoms with Crippen LogP contribution in [0.3, 0.4) is 0 Å². The first-order valence-electron chi connectivity index (χ1n) is 13.2. The summed E-state index contributed by atoms with van der Waals surface area (Å²) in [5, 5.41) is 10.0. The Morgan fingerprint density at radius 1 is 0.974 bits per heavy atom. The highest BCUT2D eigenvalue weighted by Crippen LogP contribution is 2.28. The molecule has 0 fully saturated rings. The molecule has 0 bridgehead atoms. The lowest BCUT2D eigenvalue weighted by molar-refractivity contribution is -0.145. The minimum atomic E-state index is -0.120. The molecule has 0 atom stereocenters. The summed E-state index contributed by atoms with van der Waals surface area (Å²) in [5.41, 5.74) is 6.29. The minimum absolute atomic E-state index is 0.0711. The molecule has 0 aliphatic carbocycles. The van der Waals surface area contributed by atoms with Crippen LogP contribution in [0.25, 0.3) is 11.1 Å². The van der Waals surface area contributed by atoms with Crippen molar-refractivity contribution < 1.29 is 9.59 Å². The number of nitrogens with zero attached hydrogens (tertiary/aromatic N) is 4. The van der Waals surface area contributed by atoms with Gasteiger partial charge in [-0.2, -0.15) is 0 Å². The summed E-state index contributed by atoms with van der Waals surface area (Å²) in [5.74, 6) is -0.191. The van der Waals surface area contributed by atoms with E-state index < -0.39 is 0 Å². The summed E-state index contributed by atoms with van der Waals surface area (Å²) < 4.78 is 0. The average Bonchev–Trinajstić information content (AvgIpc) is 3.35. The number of aromatic nitrogens is 1. The lowest BCUT2D eigenvalue weighted by Crippen LogP contribution is -2.48. The van der Waals surface area contributed by atoms with Crippen LogP contribution >= 0.6 is 0 Å². The van der Waals surface area contributed by atoms with Gasteiger partial charge in [0.25, 0.3) is 5.91 Å². The summed E-state index contributed by atoms with van der Waals surface area (Å²) in [7, 11) is 1.81. The van der Waals surface area contributed by atoms with Gasteiger partial charge in [-0.15, -0.1) is 0 Å². The van der Waals surface area contributed by atoms with Crippen molar-refractivity contribution in [3.8, 4) is 11.1 Å². The van der Waals surface area contributed by atoms with Crippen LogP contribution in [-0.2, 0) is 22.7 Å². The van der Waals surface area contributed by atoms with Crippen LogP contribution in [0.2, 0.25) is 0 Å². The molecule has 4 rings (SSSR count). The maximum Gasteiger partial charge on any atom is 0.256 e. The van der Waals surface area contributed by atoms with Crippen LogP contribution in [0, 0.1) is 6.92 Å². The van der Waals surface area contributed by atoms with Gasteiger partial charge in [0.05, 0.1) is 13.1 Å². The zero-order valence-corrected chi connectivity index (χ0v) is 22.8. The third kappa shape index (κ3) is 6.96. The molecule has 2 amide bonds. The Morgan fingerprint density at radius 2 is 1.71 bits per heavy atom. The molecule has 0 saturated heterocycles. The van der Waals surface area contributed by atoms with Gasteiger partial charge in [-0.1, -0.05) is 56.3 Å². The third-order valence-corrected chi connectivity index (χ3v) is 6.81. The van der Waals surface area contributed by atoms with Crippen molar-refractivity contribution in [2.45, 2.75) is 39.9 Å². The van der Waals surface area contributed by atoms with E-state index in [1.807, 2.05) is 72.5 Å². The molecule has 0 unspecified atom stereocenters. The molecule has 0 radical (unpaired) electrons. The number of hydrazine groups is 1. The largest absolute Gasteiger partial charge is 0.353 e. The molecule has 2 heterocycles. The van der Waals surface area contributed by atoms with Crippen molar-refractivity contribution in [1.82, 2.24) is 25.6 Å². The Labute approximate surface area is 225 Å². The number of likely N-dealkylation sites (N-methyl/N-ethyl adjacent to an activating group) is 1. The maximum absolute atomic E-state index is 13.5. The van der Waals surface area contributed by atoms with Gasteiger partial charge in [-0.25, -0.2) is 5.01 Å². The van der Waals surface area contributed by atoms with E-state index in [0.717, 1.165) is 22.4 Å². The van der Waals surface area contributed by atoms with E-state index in [-0.39, 0.29) is 24.9 Å². The molecule has 38 heavy (non-hydrogen) atoms. The minimum Gasteiger partial charge on any atom is -0.353 e. The smallest absolute Gasteiger partial charge is 0.256 e. The van der Waals surface area contributed by atoms with Gasteiger partial charge in [0.2, 0.25) is 5.91 Å². The number of carbonyl (C=O) groups excluding carboxylic acids is 2. The normalized spacial score (nSPS) is 12.9. The van der Waals surface area contributed by atoms with Crippen molar-refractivity contribution in [3.05, 3.63) is 83.7 Å². The molecule has 1 aromatic heterocycles. The van der Waals surface area contributed by atoms with E-state index in [9.17, 15) is 9.59 Å². The van der Waals surface area contributed by atoms with Crippen molar-refractivity contribution in [2.24, 2.45) is 0 Å². The number of hydrogen-bond acceptors (Lipinski definition) is 6. The summed E-state index contributed by atoms with van der Waals surface area (Å²) in [4.78, 5) is 32.6. The SMILES string of the molecule is Cc1ccc(-c2cccnc2)cc1N(CC(=O)NCCNC(C)C)CC(=O)N(C)N1Cc2ccccc2C1. The Hall–Kier alpha value is -3.75. The molecular weight excluding hydrogens is 476 g/mol. The van der Waals surface area contributed by atoms with Crippen LogP contribution in [0.4, 0.5) is 5.69 Å². The zero-order valence-electron chi connectivity index (χ0n) is 22.8. The Morgan fingerprint density at radius 3 is 2.37 bits per heavy atom. The summed E-state index contributed by atoms with van der Waals surface area (Å²) in [6, 6.07) is 18.6. The highest BCUT2D eigenvalue weighted by molar-refractivity contribution is 5.87. The molecule has 8 heteroatoms. The highest BCUT2D eigenvalue weighted by atomic mass is 16.2. The van der Waals surface area contributed by atoms with Crippen molar-refractivity contribution >= 4 is 17.5 Å². The van der Waals surface area contributed by atoms with E-state index in [0.29, 0.717) is 32.2 Å². The van der Waals surface area contributed by atoms with Gasteiger partial charge < -0.3 is 15.5 Å². The molecular formula is C30H38N6O2. The maximum atomic E-state index is 13.5. The number of benzene rings is 2. The molecule has 200 valence electrons. The Balaban J connectivity index is 1.52. The number of nitrogens with one attached hydrogen (secondary N) is 2.